The first-order valence-electron chi connectivity index (χ1n) is 7.46. The Bertz CT molecular complexity index is 562. The summed E-state index contributed by atoms with van der Waals surface area (Å²) in [6, 6.07) is 6.53. The second-order valence-electron chi connectivity index (χ2n) is 7.28. The minimum absolute atomic E-state index is 0.0845. The molecule has 0 atom stereocenters. The summed E-state index contributed by atoms with van der Waals surface area (Å²) < 4.78 is 9.80. The fourth-order valence-corrected chi connectivity index (χ4v) is 2.59. The highest BCUT2D eigenvalue weighted by Crippen LogP contribution is 2.27. The zero-order chi connectivity index (χ0) is 17.7. The van der Waals surface area contributed by atoms with Crippen molar-refractivity contribution in [2.24, 2.45) is 5.41 Å². The van der Waals surface area contributed by atoms with Gasteiger partial charge in [-0.1, -0.05) is 26.8 Å². The Morgan fingerprint density at radius 1 is 1.09 bits per heavy atom. The van der Waals surface area contributed by atoms with E-state index in [1.54, 1.807) is 24.3 Å². The van der Waals surface area contributed by atoms with Crippen molar-refractivity contribution in [3.63, 3.8) is 0 Å². The summed E-state index contributed by atoms with van der Waals surface area (Å²) in [5.74, 6) is 0.336. The molecule has 0 unspecified atom stereocenters. The van der Waals surface area contributed by atoms with Crippen LogP contribution in [0.15, 0.2) is 24.3 Å². The molecule has 23 heavy (non-hydrogen) atoms. The molecular weight excluding hydrogens is 296 g/mol. The van der Waals surface area contributed by atoms with Crippen LogP contribution in [0.25, 0.3) is 0 Å². The molecule has 6 heteroatoms. The number of rotatable bonds is 4. The van der Waals surface area contributed by atoms with Crippen molar-refractivity contribution in [3.8, 4) is 5.75 Å². The number of benzene rings is 1. The minimum Gasteiger partial charge on any atom is -0.453 e. The highest BCUT2D eigenvalue weighted by molar-refractivity contribution is 5.84. The van der Waals surface area contributed by atoms with Gasteiger partial charge in [-0.15, -0.1) is 0 Å². The maximum absolute atomic E-state index is 12.1. The molecule has 2 amide bonds. The first-order chi connectivity index (χ1) is 10.5. The van der Waals surface area contributed by atoms with Gasteiger partial charge in [0.05, 0.1) is 7.11 Å². The molecule has 0 aliphatic carbocycles. The van der Waals surface area contributed by atoms with Gasteiger partial charge in [0, 0.05) is 17.3 Å². The van der Waals surface area contributed by atoms with Crippen LogP contribution >= 0.6 is 0 Å². The lowest BCUT2D eigenvalue weighted by Gasteiger charge is -2.32. The summed E-state index contributed by atoms with van der Waals surface area (Å²) >= 11 is 0. The normalized spacial score (nSPS) is 11.6. The van der Waals surface area contributed by atoms with Gasteiger partial charge in [-0.05, 0) is 37.8 Å². The van der Waals surface area contributed by atoms with Crippen molar-refractivity contribution in [3.05, 3.63) is 24.3 Å². The van der Waals surface area contributed by atoms with Gasteiger partial charge >= 0.3 is 12.2 Å². The van der Waals surface area contributed by atoms with E-state index in [0.717, 1.165) is 6.42 Å². The van der Waals surface area contributed by atoms with Crippen LogP contribution in [0.4, 0.5) is 15.3 Å². The van der Waals surface area contributed by atoms with Crippen molar-refractivity contribution in [1.82, 2.24) is 5.32 Å². The second kappa shape index (κ2) is 7.35. The van der Waals surface area contributed by atoms with Gasteiger partial charge < -0.3 is 14.8 Å². The molecule has 0 aromatic heterocycles. The van der Waals surface area contributed by atoms with E-state index in [1.165, 1.54) is 7.11 Å². The predicted molar refractivity (Wildman–Crippen MR) is 89.8 cm³/mol. The van der Waals surface area contributed by atoms with Crippen LogP contribution in [0.5, 0.6) is 5.75 Å². The second-order valence-corrected chi connectivity index (χ2v) is 7.28. The average Bonchev–Trinajstić information content (AvgIpc) is 2.34. The summed E-state index contributed by atoms with van der Waals surface area (Å²) in [6.45, 7) is 10.3. The van der Waals surface area contributed by atoms with Crippen LogP contribution in [0.3, 0.4) is 0 Å². The molecule has 1 aromatic carbocycles. The molecule has 0 fully saturated rings. The van der Waals surface area contributed by atoms with Crippen LogP contribution in [0.2, 0.25) is 0 Å². The molecular formula is C17H26N2O4. The van der Waals surface area contributed by atoms with Gasteiger partial charge in [-0.3, -0.25) is 5.32 Å². The average molecular weight is 322 g/mol. The summed E-state index contributed by atoms with van der Waals surface area (Å²) in [7, 11) is 1.28. The molecule has 6 nitrogen and oxygen atoms in total. The molecule has 0 aliphatic heterocycles. The van der Waals surface area contributed by atoms with Crippen molar-refractivity contribution < 1.29 is 19.1 Å². The van der Waals surface area contributed by atoms with Crippen LogP contribution in [-0.2, 0) is 4.74 Å². The molecule has 1 rings (SSSR count). The molecule has 0 heterocycles. The van der Waals surface area contributed by atoms with Crippen molar-refractivity contribution in [1.29, 1.82) is 0 Å². The highest BCUT2D eigenvalue weighted by Gasteiger charge is 2.27. The maximum Gasteiger partial charge on any atom is 0.413 e. The molecule has 0 spiro atoms. The Hall–Kier alpha value is -2.24. The maximum atomic E-state index is 12.1. The Balaban J connectivity index is 2.67. The molecule has 128 valence electrons. The zero-order valence-electron chi connectivity index (χ0n) is 14.6. The van der Waals surface area contributed by atoms with Crippen molar-refractivity contribution in [2.45, 2.75) is 46.6 Å². The van der Waals surface area contributed by atoms with Gasteiger partial charge in [-0.25, -0.2) is 9.59 Å². The Labute approximate surface area is 137 Å². The summed E-state index contributed by atoms with van der Waals surface area (Å²) in [6.07, 6.45) is -0.314. The Morgan fingerprint density at radius 2 is 1.74 bits per heavy atom. The first kappa shape index (κ1) is 18.8. The van der Waals surface area contributed by atoms with E-state index in [9.17, 15) is 9.59 Å². The van der Waals surface area contributed by atoms with Crippen LogP contribution in [-0.4, -0.2) is 24.8 Å². The number of methoxy groups -OCH3 is 1. The molecule has 0 bridgehead atoms. The van der Waals surface area contributed by atoms with E-state index in [0.29, 0.717) is 11.4 Å². The summed E-state index contributed by atoms with van der Waals surface area (Å²) in [5, 5.41) is 5.37. The lowest BCUT2D eigenvalue weighted by molar-refractivity contribution is 0.175. The number of carbonyl (C=O) groups excluding carboxylic acids is 2. The molecule has 0 saturated heterocycles. The zero-order valence-corrected chi connectivity index (χ0v) is 14.6. The largest absolute Gasteiger partial charge is 0.453 e. The number of carbonyl (C=O) groups is 2. The third kappa shape index (κ3) is 7.54. The monoisotopic (exact) mass is 322 g/mol. The van der Waals surface area contributed by atoms with E-state index >= 15 is 0 Å². The number of ether oxygens (including phenoxy) is 2. The number of hydrogen-bond acceptors (Lipinski definition) is 4. The van der Waals surface area contributed by atoms with Crippen LogP contribution in [0.1, 0.15) is 41.0 Å². The van der Waals surface area contributed by atoms with Crippen molar-refractivity contribution in [2.75, 3.05) is 12.4 Å². The van der Waals surface area contributed by atoms with Gasteiger partial charge in [-0.2, -0.15) is 0 Å². The third-order valence-corrected chi connectivity index (χ3v) is 2.89. The van der Waals surface area contributed by atoms with Crippen LogP contribution < -0.4 is 15.4 Å². The van der Waals surface area contributed by atoms with E-state index in [1.807, 2.05) is 13.8 Å². The van der Waals surface area contributed by atoms with E-state index < -0.39 is 17.7 Å². The van der Waals surface area contributed by atoms with E-state index in [4.69, 9.17) is 4.74 Å². The lowest BCUT2D eigenvalue weighted by atomic mass is 9.82. The van der Waals surface area contributed by atoms with Crippen LogP contribution in [0, 0.1) is 5.41 Å². The van der Waals surface area contributed by atoms with Gasteiger partial charge in [0.25, 0.3) is 0 Å². The van der Waals surface area contributed by atoms with Gasteiger partial charge in [0.1, 0.15) is 5.75 Å². The smallest absolute Gasteiger partial charge is 0.413 e. The third-order valence-electron chi connectivity index (χ3n) is 2.89. The highest BCUT2D eigenvalue weighted by atomic mass is 16.6. The van der Waals surface area contributed by atoms with Gasteiger partial charge in [0.2, 0.25) is 0 Å². The first-order valence-corrected chi connectivity index (χ1v) is 7.46. The van der Waals surface area contributed by atoms with E-state index in [2.05, 4.69) is 36.1 Å². The Kier molecular flexibility index (Phi) is 6.01. The molecule has 0 aliphatic rings. The summed E-state index contributed by atoms with van der Waals surface area (Å²) in [4.78, 5) is 23.2. The number of hydrogen-bond donors (Lipinski definition) is 2. The molecule has 0 saturated carbocycles. The molecule has 1 aromatic rings. The Morgan fingerprint density at radius 3 is 2.30 bits per heavy atom. The standard InChI is InChI=1S/C17H26N2O4/c1-16(2,3)11-17(4,5)19-15(21)23-13-9-7-8-12(10-13)18-14(20)22-6/h7-10H,11H2,1-6H3,(H,18,20)(H,19,21). The number of amides is 2. The topological polar surface area (TPSA) is 76.7 Å². The van der Waals surface area contributed by atoms with Gasteiger partial charge in [0.15, 0.2) is 0 Å². The minimum atomic E-state index is -0.585. The molecule has 0 radical (unpaired) electrons. The van der Waals surface area contributed by atoms with E-state index in [-0.39, 0.29) is 5.41 Å². The fourth-order valence-electron chi connectivity index (χ4n) is 2.59. The molecule has 2 N–H and O–H groups in total. The lowest BCUT2D eigenvalue weighted by Crippen LogP contribution is -2.47. The SMILES string of the molecule is COC(=O)Nc1cccc(OC(=O)NC(C)(C)CC(C)(C)C)c1. The van der Waals surface area contributed by atoms with Crippen molar-refractivity contribution >= 4 is 17.9 Å². The predicted octanol–water partition coefficient (Wildman–Crippen LogP) is 4.17. The summed E-state index contributed by atoms with van der Waals surface area (Å²) in [5.41, 5.74) is 0.175. The quantitative estimate of drug-likeness (QED) is 0.872. The number of anilines is 1. The number of nitrogens with one attached hydrogen (secondary N) is 2. The fraction of sp³-hybridized carbons (Fsp3) is 0.529.